The number of ketones is 1. The number of ether oxygens (including phenoxy) is 1. The molecule has 6 heteroatoms. The average molecular weight is 293 g/mol. The van der Waals surface area contributed by atoms with Crippen LogP contribution in [0.3, 0.4) is 0 Å². The Labute approximate surface area is 123 Å². The van der Waals surface area contributed by atoms with Gasteiger partial charge in [-0.3, -0.25) is 10.1 Å². The van der Waals surface area contributed by atoms with Gasteiger partial charge in [-0.15, -0.1) is 0 Å². The number of rotatable bonds is 4. The minimum atomic E-state index is -2.09. The van der Waals surface area contributed by atoms with Crippen LogP contribution in [0, 0.1) is 0 Å². The van der Waals surface area contributed by atoms with Crippen LogP contribution in [0.15, 0.2) is 30.3 Å². The Morgan fingerprint density at radius 3 is 2.00 bits per heavy atom. The highest BCUT2D eigenvalue weighted by Gasteiger charge is 2.44. The Hall–Kier alpha value is -2.37. The van der Waals surface area contributed by atoms with Crippen molar-refractivity contribution in [1.29, 1.82) is 0 Å². The lowest BCUT2D eigenvalue weighted by Crippen LogP contribution is -2.58. The minimum Gasteiger partial charge on any atom is -0.479 e. The number of benzene rings is 1. The molecular formula is C15H19NO5. The standard InChI is InChI=1S/C15H19NO5/c1-14(2,3)21-13(20)16-15(4,12(18)19)11(17)10-8-6-5-7-9-10/h5-9H,1-4H3,(H,16,20)(H,18,19)/t15-/m1/s1. The summed E-state index contributed by atoms with van der Waals surface area (Å²) in [5.41, 5.74) is -2.69. The number of carboxylic acids is 1. The largest absolute Gasteiger partial charge is 0.479 e. The van der Waals surface area contributed by atoms with Gasteiger partial charge < -0.3 is 9.84 Å². The number of aliphatic carboxylic acids is 1. The summed E-state index contributed by atoms with van der Waals surface area (Å²) < 4.78 is 5.00. The van der Waals surface area contributed by atoms with Crippen molar-refractivity contribution >= 4 is 17.8 Å². The molecule has 0 fully saturated rings. The summed E-state index contributed by atoms with van der Waals surface area (Å²) in [5.74, 6) is -2.18. The first kappa shape index (κ1) is 16.7. The molecule has 114 valence electrons. The molecular weight excluding hydrogens is 274 g/mol. The van der Waals surface area contributed by atoms with Gasteiger partial charge in [0.15, 0.2) is 5.78 Å². The molecule has 6 nitrogen and oxygen atoms in total. The van der Waals surface area contributed by atoms with Crippen molar-refractivity contribution in [2.45, 2.75) is 38.8 Å². The Bertz CT molecular complexity index is 547. The third-order valence-electron chi connectivity index (χ3n) is 2.67. The highest BCUT2D eigenvalue weighted by molar-refractivity contribution is 6.17. The highest BCUT2D eigenvalue weighted by Crippen LogP contribution is 2.16. The van der Waals surface area contributed by atoms with Crippen LogP contribution in [0.5, 0.6) is 0 Å². The van der Waals surface area contributed by atoms with Gasteiger partial charge in [0.25, 0.3) is 0 Å². The van der Waals surface area contributed by atoms with Crippen LogP contribution in [0.1, 0.15) is 38.1 Å². The van der Waals surface area contributed by atoms with Gasteiger partial charge in [0.2, 0.25) is 5.54 Å². The molecule has 0 heterocycles. The molecule has 0 saturated carbocycles. The molecule has 1 aromatic carbocycles. The van der Waals surface area contributed by atoms with Gasteiger partial charge in [0.05, 0.1) is 0 Å². The zero-order valence-corrected chi connectivity index (χ0v) is 12.5. The number of hydrogen-bond donors (Lipinski definition) is 2. The second kappa shape index (κ2) is 5.95. The SMILES string of the molecule is CC(C)(C)OC(=O)N[C@@](C)(C(=O)O)C(=O)c1ccccc1. The van der Waals surface area contributed by atoms with Crippen molar-refractivity contribution in [2.75, 3.05) is 0 Å². The lowest BCUT2D eigenvalue weighted by Gasteiger charge is -2.27. The highest BCUT2D eigenvalue weighted by atomic mass is 16.6. The number of hydrogen-bond acceptors (Lipinski definition) is 4. The summed E-state index contributed by atoms with van der Waals surface area (Å²) in [6.07, 6.45) is -0.961. The molecule has 0 aromatic heterocycles. The lowest BCUT2D eigenvalue weighted by molar-refractivity contribution is -0.142. The predicted molar refractivity (Wildman–Crippen MR) is 76.2 cm³/mol. The van der Waals surface area contributed by atoms with Crippen molar-refractivity contribution < 1.29 is 24.2 Å². The van der Waals surface area contributed by atoms with E-state index in [1.807, 2.05) is 0 Å². The molecule has 21 heavy (non-hydrogen) atoms. The maximum Gasteiger partial charge on any atom is 0.408 e. The number of amides is 1. The van der Waals surface area contributed by atoms with E-state index in [-0.39, 0.29) is 5.56 Å². The second-order valence-corrected chi connectivity index (χ2v) is 5.75. The summed E-state index contributed by atoms with van der Waals surface area (Å²) >= 11 is 0. The van der Waals surface area contributed by atoms with Crippen molar-refractivity contribution in [1.82, 2.24) is 5.32 Å². The number of carboxylic acid groups (broad SMARTS) is 1. The predicted octanol–water partition coefficient (Wildman–Crippen LogP) is 2.24. The lowest BCUT2D eigenvalue weighted by atomic mass is 9.91. The van der Waals surface area contributed by atoms with Gasteiger partial charge in [-0.1, -0.05) is 30.3 Å². The molecule has 2 N–H and O–H groups in total. The Kier molecular flexibility index (Phi) is 4.73. The third-order valence-corrected chi connectivity index (χ3v) is 2.67. The fraction of sp³-hybridized carbons (Fsp3) is 0.400. The molecule has 0 bridgehead atoms. The van der Waals surface area contributed by atoms with Gasteiger partial charge in [-0.05, 0) is 27.7 Å². The van der Waals surface area contributed by atoms with Crippen LogP contribution in [0.2, 0.25) is 0 Å². The molecule has 0 unspecified atom stereocenters. The van der Waals surface area contributed by atoms with Crippen LogP contribution >= 0.6 is 0 Å². The van der Waals surface area contributed by atoms with E-state index in [9.17, 15) is 19.5 Å². The molecule has 0 spiro atoms. The van der Waals surface area contributed by atoms with Crippen LogP contribution in [0.25, 0.3) is 0 Å². The van der Waals surface area contributed by atoms with E-state index < -0.39 is 29.0 Å². The zero-order chi connectivity index (χ0) is 16.3. The van der Waals surface area contributed by atoms with E-state index in [1.54, 1.807) is 39.0 Å². The summed E-state index contributed by atoms with van der Waals surface area (Å²) in [5, 5.41) is 11.5. The first-order valence-corrected chi connectivity index (χ1v) is 6.40. The quantitative estimate of drug-likeness (QED) is 0.656. The van der Waals surface area contributed by atoms with Crippen LogP contribution in [-0.2, 0) is 9.53 Å². The topological polar surface area (TPSA) is 92.7 Å². The molecule has 0 radical (unpaired) electrons. The third kappa shape index (κ3) is 4.30. The zero-order valence-electron chi connectivity index (χ0n) is 12.5. The van der Waals surface area contributed by atoms with E-state index in [2.05, 4.69) is 5.32 Å². The summed E-state index contributed by atoms with van der Waals surface area (Å²) in [6.45, 7) is 6.06. The normalized spacial score (nSPS) is 13.9. The van der Waals surface area contributed by atoms with E-state index in [0.29, 0.717) is 0 Å². The van der Waals surface area contributed by atoms with Gasteiger partial charge in [-0.25, -0.2) is 9.59 Å². The molecule has 0 aliphatic rings. The van der Waals surface area contributed by atoms with Crippen molar-refractivity contribution in [2.24, 2.45) is 0 Å². The van der Waals surface area contributed by atoms with Crippen LogP contribution in [-0.4, -0.2) is 34.1 Å². The number of Topliss-reactive ketones (excluding diaryl/α,β-unsaturated/α-hetero) is 1. The van der Waals surface area contributed by atoms with Crippen molar-refractivity contribution in [3.05, 3.63) is 35.9 Å². The van der Waals surface area contributed by atoms with Crippen LogP contribution in [0.4, 0.5) is 4.79 Å². The Balaban J connectivity index is 3.02. The molecule has 0 saturated heterocycles. The maximum atomic E-state index is 12.4. The molecule has 1 rings (SSSR count). The fourth-order valence-corrected chi connectivity index (χ4v) is 1.59. The van der Waals surface area contributed by atoms with E-state index >= 15 is 0 Å². The molecule has 1 amide bonds. The first-order chi connectivity index (χ1) is 9.56. The van der Waals surface area contributed by atoms with E-state index in [1.165, 1.54) is 12.1 Å². The molecule has 0 aliphatic carbocycles. The van der Waals surface area contributed by atoms with Gasteiger partial charge >= 0.3 is 12.1 Å². The average Bonchev–Trinajstić information content (AvgIpc) is 2.36. The second-order valence-electron chi connectivity index (χ2n) is 5.75. The molecule has 1 aromatic rings. The Morgan fingerprint density at radius 1 is 1.05 bits per heavy atom. The minimum absolute atomic E-state index is 0.193. The van der Waals surface area contributed by atoms with Crippen molar-refractivity contribution in [3.63, 3.8) is 0 Å². The molecule has 0 aliphatic heterocycles. The number of nitrogens with one attached hydrogen (secondary N) is 1. The van der Waals surface area contributed by atoms with Crippen molar-refractivity contribution in [3.8, 4) is 0 Å². The Morgan fingerprint density at radius 2 is 1.57 bits per heavy atom. The number of carbonyl (C=O) groups excluding carboxylic acids is 2. The smallest absolute Gasteiger partial charge is 0.408 e. The van der Waals surface area contributed by atoms with Gasteiger partial charge in [0, 0.05) is 5.56 Å². The van der Waals surface area contributed by atoms with Crippen LogP contribution < -0.4 is 5.32 Å². The monoisotopic (exact) mass is 293 g/mol. The van der Waals surface area contributed by atoms with Gasteiger partial charge in [0.1, 0.15) is 5.60 Å². The van der Waals surface area contributed by atoms with E-state index in [0.717, 1.165) is 6.92 Å². The maximum absolute atomic E-state index is 12.4. The number of alkyl carbamates (subject to hydrolysis) is 1. The fourth-order valence-electron chi connectivity index (χ4n) is 1.59. The summed E-state index contributed by atoms with van der Waals surface area (Å²) in [7, 11) is 0. The van der Waals surface area contributed by atoms with Gasteiger partial charge in [-0.2, -0.15) is 0 Å². The summed E-state index contributed by atoms with van der Waals surface area (Å²) in [6, 6.07) is 7.91. The first-order valence-electron chi connectivity index (χ1n) is 6.40. The van der Waals surface area contributed by atoms with E-state index in [4.69, 9.17) is 4.74 Å². The molecule has 1 atom stereocenters. The summed E-state index contributed by atoms with van der Waals surface area (Å²) in [4.78, 5) is 35.6. The number of carbonyl (C=O) groups is 3.